The first-order chi connectivity index (χ1) is 15.4. The lowest BCUT2D eigenvalue weighted by Crippen LogP contribution is -2.61. The lowest BCUT2D eigenvalue weighted by atomic mass is 9.70. The van der Waals surface area contributed by atoms with Crippen molar-refractivity contribution in [2.75, 3.05) is 13.1 Å². The number of amides is 3. The van der Waals surface area contributed by atoms with E-state index in [1.165, 1.54) is 13.3 Å². The lowest BCUT2D eigenvalue weighted by Gasteiger charge is -2.48. The molecule has 3 amide bonds. The molecule has 1 aromatic heterocycles. The van der Waals surface area contributed by atoms with Crippen LogP contribution in [-0.2, 0) is 20.8 Å². The molecular formula is C23H29N5O4. The third kappa shape index (κ3) is 4.52. The standard InChI is InChI=1S/C23H29N5O4/c1-15(29)26-18(10-17-12-24-14-25-17)21(31)28-9-5-8-23(13-28)11-19(30)20(27-22(23)32)16-6-3-2-4-7-16/h2-4,6-7,12,14,18-20,30H,5,8-11,13H2,1H3,(H,24,25)(H,26,29)(H,27,32)/t18-,19+,20-,23+/m0/s1. The maximum Gasteiger partial charge on any atom is 0.245 e. The summed E-state index contributed by atoms with van der Waals surface area (Å²) in [7, 11) is 0. The number of likely N-dealkylation sites (tertiary alicyclic amines) is 1. The first kappa shape index (κ1) is 22.0. The van der Waals surface area contributed by atoms with Gasteiger partial charge in [0.15, 0.2) is 0 Å². The smallest absolute Gasteiger partial charge is 0.245 e. The SMILES string of the molecule is CC(=O)N[C@@H](Cc1cnc[nH]1)C(=O)N1CCC[C@@]2(C[C@@H](O)[C@H](c3ccccc3)NC2=O)C1. The molecular weight excluding hydrogens is 410 g/mol. The summed E-state index contributed by atoms with van der Waals surface area (Å²) in [6.07, 6.45) is 4.22. The minimum Gasteiger partial charge on any atom is -0.391 e. The van der Waals surface area contributed by atoms with Gasteiger partial charge >= 0.3 is 0 Å². The molecule has 2 fully saturated rings. The molecule has 2 aromatic rings. The minimum atomic E-state index is -0.840. The van der Waals surface area contributed by atoms with Gasteiger partial charge in [-0.25, -0.2) is 4.98 Å². The topological polar surface area (TPSA) is 127 Å². The minimum absolute atomic E-state index is 0.140. The molecule has 0 unspecified atom stereocenters. The second-order valence-corrected chi connectivity index (χ2v) is 8.81. The van der Waals surface area contributed by atoms with Crippen molar-refractivity contribution in [3.8, 4) is 0 Å². The van der Waals surface area contributed by atoms with E-state index in [2.05, 4.69) is 20.6 Å². The van der Waals surface area contributed by atoms with Crippen molar-refractivity contribution in [1.29, 1.82) is 0 Å². The fraction of sp³-hybridized carbons (Fsp3) is 0.478. The van der Waals surface area contributed by atoms with E-state index in [-0.39, 0.29) is 37.1 Å². The summed E-state index contributed by atoms with van der Waals surface area (Å²) in [6, 6.07) is 8.20. The summed E-state index contributed by atoms with van der Waals surface area (Å²) >= 11 is 0. The molecule has 0 bridgehead atoms. The van der Waals surface area contributed by atoms with Gasteiger partial charge in [-0.2, -0.15) is 0 Å². The zero-order valence-electron chi connectivity index (χ0n) is 18.1. The fourth-order valence-corrected chi connectivity index (χ4v) is 4.92. The van der Waals surface area contributed by atoms with Gasteiger partial charge in [0.25, 0.3) is 0 Å². The van der Waals surface area contributed by atoms with E-state index in [4.69, 9.17) is 0 Å². The van der Waals surface area contributed by atoms with Gasteiger partial charge in [-0.3, -0.25) is 14.4 Å². The molecule has 4 N–H and O–H groups in total. The van der Waals surface area contributed by atoms with Crippen molar-refractivity contribution in [3.05, 3.63) is 54.1 Å². The van der Waals surface area contributed by atoms with Crippen LogP contribution in [0.15, 0.2) is 42.9 Å². The van der Waals surface area contributed by atoms with Crippen LogP contribution in [0.3, 0.4) is 0 Å². The van der Waals surface area contributed by atoms with Gasteiger partial charge in [-0.1, -0.05) is 30.3 Å². The van der Waals surface area contributed by atoms with Crippen LogP contribution >= 0.6 is 0 Å². The van der Waals surface area contributed by atoms with Crippen molar-refractivity contribution in [2.24, 2.45) is 5.41 Å². The predicted molar refractivity (Wildman–Crippen MR) is 116 cm³/mol. The Balaban J connectivity index is 1.49. The molecule has 0 saturated carbocycles. The van der Waals surface area contributed by atoms with Crippen molar-refractivity contribution >= 4 is 17.7 Å². The van der Waals surface area contributed by atoms with Crippen molar-refractivity contribution in [3.63, 3.8) is 0 Å². The Morgan fingerprint density at radius 2 is 2.12 bits per heavy atom. The number of hydrogen-bond donors (Lipinski definition) is 4. The molecule has 170 valence electrons. The summed E-state index contributed by atoms with van der Waals surface area (Å²) in [5, 5.41) is 16.6. The number of imidazole rings is 1. The number of aromatic amines is 1. The van der Waals surface area contributed by atoms with Crippen molar-refractivity contribution in [2.45, 2.75) is 50.8 Å². The molecule has 0 aliphatic carbocycles. The Morgan fingerprint density at radius 1 is 1.34 bits per heavy atom. The number of carbonyl (C=O) groups excluding carboxylic acids is 3. The molecule has 2 aliphatic rings. The second-order valence-electron chi connectivity index (χ2n) is 8.81. The van der Waals surface area contributed by atoms with Gasteiger partial charge in [-0.05, 0) is 24.8 Å². The first-order valence-corrected chi connectivity index (χ1v) is 10.9. The number of nitrogens with one attached hydrogen (secondary N) is 3. The summed E-state index contributed by atoms with van der Waals surface area (Å²) in [4.78, 5) is 46.9. The molecule has 3 heterocycles. The quantitative estimate of drug-likeness (QED) is 0.545. The third-order valence-corrected chi connectivity index (χ3v) is 6.45. The van der Waals surface area contributed by atoms with Gasteiger partial charge in [0.05, 0.1) is 23.9 Å². The van der Waals surface area contributed by atoms with Gasteiger partial charge in [0.1, 0.15) is 6.04 Å². The molecule has 32 heavy (non-hydrogen) atoms. The number of piperidine rings is 2. The molecule has 4 rings (SSSR count). The molecule has 1 aromatic carbocycles. The number of aliphatic hydroxyl groups is 1. The second kappa shape index (κ2) is 9.12. The number of nitrogens with zero attached hydrogens (tertiary/aromatic N) is 2. The zero-order valence-corrected chi connectivity index (χ0v) is 18.1. The average Bonchev–Trinajstić information content (AvgIpc) is 3.29. The zero-order chi connectivity index (χ0) is 22.7. The first-order valence-electron chi connectivity index (χ1n) is 10.9. The van der Waals surface area contributed by atoms with Crippen LogP contribution in [0.4, 0.5) is 0 Å². The molecule has 1 spiro atoms. The maximum absolute atomic E-state index is 13.3. The van der Waals surface area contributed by atoms with Crippen LogP contribution in [0.2, 0.25) is 0 Å². The number of carbonyl (C=O) groups is 3. The van der Waals surface area contributed by atoms with Crippen LogP contribution < -0.4 is 10.6 Å². The lowest BCUT2D eigenvalue weighted by molar-refractivity contribution is -0.151. The molecule has 4 atom stereocenters. The van der Waals surface area contributed by atoms with E-state index in [1.807, 2.05) is 30.3 Å². The van der Waals surface area contributed by atoms with E-state index in [0.29, 0.717) is 19.4 Å². The summed E-state index contributed by atoms with van der Waals surface area (Å²) < 4.78 is 0. The number of aromatic nitrogens is 2. The highest BCUT2D eigenvalue weighted by Gasteiger charge is 2.50. The molecule has 9 heteroatoms. The van der Waals surface area contributed by atoms with Gasteiger partial charge < -0.3 is 25.6 Å². The monoisotopic (exact) mass is 439 g/mol. The Labute approximate surface area is 186 Å². The molecule has 2 saturated heterocycles. The van der Waals surface area contributed by atoms with E-state index in [0.717, 1.165) is 11.3 Å². The molecule has 0 radical (unpaired) electrons. The Hall–Kier alpha value is -3.20. The Kier molecular flexibility index (Phi) is 6.27. The number of hydrogen-bond acceptors (Lipinski definition) is 5. The van der Waals surface area contributed by atoms with Gasteiger partial charge in [-0.15, -0.1) is 0 Å². The highest BCUT2D eigenvalue weighted by molar-refractivity contribution is 5.89. The summed E-state index contributed by atoms with van der Waals surface area (Å²) in [5.74, 6) is -0.675. The van der Waals surface area contributed by atoms with E-state index < -0.39 is 23.6 Å². The Bertz CT molecular complexity index is 964. The number of H-pyrrole nitrogens is 1. The highest BCUT2D eigenvalue weighted by atomic mass is 16.3. The number of benzene rings is 1. The van der Waals surface area contributed by atoms with E-state index in [1.54, 1.807) is 11.1 Å². The van der Waals surface area contributed by atoms with Crippen LogP contribution in [0.25, 0.3) is 0 Å². The largest absolute Gasteiger partial charge is 0.391 e. The van der Waals surface area contributed by atoms with Crippen LogP contribution in [0.1, 0.15) is 43.5 Å². The van der Waals surface area contributed by atoms with Crippen LogP contribution in [0, 0.1) is 5.41 Å². The van der Waals surface area contributed by atoms with E-state index >= 15 is 0 Å². The van der Waals surface area contributed by atoms with E-state index in [9.17, 15) is 19.5 Å². The number of rotatable bonds is 5. The highest BCUT2D eigenvalue weighted by Crippen LogP contribution is 2.41. The van der Waals surface area contributed by atoms with Gasteiger partial charge in [0, 0.05) is 38.3 Å². The summed E-state index contributed by atoms with van der Waals surface area (Å²) in [5.41, 5.74) is 0.755. The van der Waals surface area contributed by atoms with Crippen molar-refractivity contribution < 1.29 is 19.5 Å². The number of aliphatic hydroxyl groups excluding tert-OH is 1. The van der Waals surface area contributed by atoms with Crippen molar-refractivity contribution in [1.82, 2.24) is 25.5 Å². The average molecular weight is 440 g/mol. The summed E-state index contributed by atoms with van der Waals surface area (Å²) in [6.45, 7) is 2.10. The normalized spacial score (nSPS) is 26.4. The fourth-order valence-electron chi connectivity index (χ4n) is 4.92. The molecule has 2 aliphatic heterocycles. The predicted octanol–water partition coefficient (Wildman–Crippen LogP) is 0.688. The van der Waals surface area contributed by atoms with Crippen LogP contribution in [0.5, 0.6) is 0 Å². The Morgan fingerprint density at radius 3 is 2.81 bits per heavy atom. The maximum atomic E-state index is 13.3. The van der Waals surface area contributed by atoms with Gasteiger partial charge in [0.2, 0.25) is 17.7 Å². The molecule has 9 nitrogen and oxygen atoms in total. The van der Waals surface area contributed by atoms with Crippen LogP contribution in [-0.4, -0.2) is 62.9 Å². The third-order valence-electron chi connectivity index (χ3n) is 6.45.